The van der Waals surface area contributed by atoms with Crippen LogP contribution in [-0.4, -0.2) is 21.9 Å². The van der Waals surface area contributed by atoms with Gasteiger partial charge in [-0.1, -0.05) is 48.0 Å². The van der Waals surface area contributed by atoms with Crippen molar-refractivity contribution >= 4 is 34.3 Å². The second-order valence-corrected chi connectivity index (χ2v) is 8.21. The van der Waals surface area contributed by atoms with Gasteiger partial charge in [0.05, 0.1) is 22.9 Å². The Morgan fingerprint density at radius 3 is 2.57 bits per heavy atom. The molecule has 0 N–H and O–H groups in total. The smallest absolute Gasteiger partial charge is 0.258 e. The van der Waals surface area contributed by atoms with Gasteiger partial charge in [0.15, 0.2) is 0 Å². The van der Waals surface area contributed by atoms with Crippen LogP contribution in [0.5, 0.6) is 0 Å². The lowest BCUT2D eigenvalue weighted by Crippen LogP contribution is -2.15. The number of halogens is 1. The molecule has 0 radical (unpaired) electrons. The zero-order valence-corrected chi connectivity index (χ0v) is 18.5. The number of aryl methyl sites for hydroxylation is 1. The number of nitro groups is 1. The van der Waals surface area contributed by atoms with Crippen LogP contribution in [0.2, 0.25) is 5.02 Å². The van der Waals surface area contributed by atoms with Gasteiger partial charge < -0.3 is 0 Å². The molecule has 154 valence electrons. The minimum absolute atomic E-state index is 0.0717. The van der Waals surface area contributed by atoms with Crippen LogP contribution in [0.4, 0.5) is 5.69 Å². The second kappa shape index (κ2) is 9.19. The van der Waals surface area contributed by atoms with Crippen LogP contribution in [0.15, 0.2) is 70.1 Å². The number of thiazole rings is 1. The van der Waals surface area contributed by atoms with E-state index in [2.05, 4.69) is 11.6 Å². The molecule has 6 nitrogen and oxygen atoms in total. The van der Waals surface area contributed by atoms with Crippen molar-refractivity contribution in [2.24, 2.45) is 10.1 Å². The minimum atomic E-state index is -0.378. The van der Waals surface area contributed by atoms with E-state index in [0.717, 1.165) is 16.8 Å². The highest BCUT2D eigenvalue weighted by Gasteiger charge is 2.13. The van der Waals surface area contributed by atoms with Gasteiger partial charge in [-0.15, -0.1) is 11.3 Å². The second-order valence-electron chi connectivity index (χ2n) is 6.94. The molecule has 1 heterocycles. The van der Waals surface area contributed by atoms with Gasteiger partial charge in [0.25, 0.3) is 5.69 Å². The summed E-state index contributed by atoms with van der Waals surface area (Å²) < 4.78 is 1.76. The monoisotopic (exact) mass is 440 g/mol. The molecule has 0 saturated carbocycles. The van der Waals surface area contributed by atoms with Gasteiger partial charge in [-0.3, -0.25) is 15.1 Å². The summed E-state index contributed by atoms with van der Waals surface area (Å²) in [5, 5.41) is 18.7. The molecule has 3 rings (SSSR count). The summed E-state index contributed by atoms with van der Waals surface area (Å²) in [7, 11) is 0. The normalized spacial score (nSPS) is 12.3. The lowest BCUT2D eigenvalue weighted by Gasteiger charge is -2.07. The Kier molecular flexibility index (Phi) is 6.64. The van der Waals surface area contributed by atoms with E-state index in [1.807, 2.05) is 49.6 Å². The molecule has 0 spiro atoms. The zero-order chi connectivity index (χ0) is 21.8. The average molecular weight is 441 g/mol. The topological polar surface area (TPSA) is 72.8 Å². The molecule has 0 unspecified atom stereocenters. The van der Waals surface area contributed by atoms with Crippen molar-refractivity contribution in [3.63, 3.8) is 0 Å². The van der Waals surface area contributed by atoms with Crippen LogP contribution in [0.3, 0.4) is 0 Å². The molecular formula is C22H21ClN4O2S. The molecule has 0 aliphatic heterocycles. The summed E-state index contributed by atoms with van der Waals surface area (Å²) in [6, 6.07) is 12.6. The van der Waals surface area contributed by atoms with Gasteiger partial charge in [0.2, 0.25) is 4.80 Å². The SMILES string of the molecule is C=C(C)CN=c1scc(-c2ccc(Cl)cc2)n1N=C(C)c1ccc(C)c([N+](=O)[O-])c1. The molecule has 0 aliphatic carbocycles. The van der Waals surface area contributed by atoms with Crippen LogP contribution in [0, 0.1) is 17.0 Å². The van der Waals surface area contributed by atoms with Gasteiger partial charge in [0, 0.05) is 33.2 Å². The quantitative estimate of drug-likeness (QED) is 0.209. The summed E-state index contributed by atoms with van der Waals surface area (Å²) in [5.41, 5.74) is 4.75. The van der Waals surface area contributed by atoms with Gasteiger partial charge in [-0.25, -0.2) is 4.68 Å². The fraction of sp³-hybridized carbons (Fsp3) is 0.182. The standard InChI is InChI=1S/C22H21ClN4O2S/c1-14(2)12-24-22-26(21(13-30-22)17-7-9-19(23)10-8-17)25-16(4)18-6-5-15(3)20(11-18)27(28)29/h5-11,13H,1,12H2,2-4H3. The van der Waals surface area contributed by atoms with Gasteiger partial charge >= 0.3 is 0 Å². The number of hydrogen-bond acceptors (Lipinski definition) is 5. The summed E-state index contributed by atoms with van der Waals surface area (Å²) in [6.45, 7) is 9.86. The Hall–Kier alpha value is -3.03. The van der Waals surface area contributed by atoms with Crippen molar-refractivity contribution in [2.45, 2.75) is 20.8 Å². The van der Waals surface area contributed by atoms with Crippen molar-refractivity contribution in [1.29, 1.82) is 0 Å². The summed E-state index contributed by atoms with van der Waals surface area (Å²) in [5.74, 6) is 0. The van der Waals surface area contributed by atoms with Crippen molar-refractivity contribution in [3.05, 3.63) is 91.1 Å². The van der Waals surface area contributed by atoms with E-state index in [9.17, 15) is 10.1 Å². The number of nitrogens with zero attached hydrogens (tertiary/aromatic N) is 4. The number of nitro benzene ring substituents is 1. The number of aromatic nitrogens is 1. The first-order valence-corrected chi connectivity index (χ1v) is 10.4. The van der Waals surface area contributed by atoms with Crippen molar-refractivity contribution in [2.75, 3.05) is 6.54 Å². The molecule has 0 fully saturated rings. The Morgan fingerprint density at radius 2 is 1.93 bits per heavy atom. The van der Waals surface area contributed by atoms with Crippen LogP contribution in [-0.2, 0) is 0 Å². The first-order valence-electron chi connectivity index (χ1n) is 9.18. The minimum Gasteiger partial charge on any atom is -0.258 e. The molecule has 0 atom stereocenters. The molecule has 0 saturated heterocycles. The lowest BCUT2D eigenvalue weighted by molar-refractivity contribution is -0.385. The van der Waals surface area contributed by atoms with Crippen LogP contribution in [0.25, 0.3) is 11.3 Å². The molecule has 1 aromatic heterocycles. The third-order valence-electron chi connectivity index (χ3n) is 4.38. The van der Waals surface area contributed by atoms with E-state index in [4.69, 9.17) is 16.7 Å². The zero-order valence-electron chi connectivity index (χ0n) is 16.9. The molecule has 0 amide bonds. The van der Waals surface area contributed by atoms with Gasteiger partial charge in [-0.2, -0.15) is 5.10 Å². The van der Waals surface area contributed by atoms with Crippen LogP contribution < -0.4 is 4.80 Å². The largest absolute Gasteiger partial charge is 0.272 e. The number of hydrogen-bond donors (Lipinski definition) is 0. The number of benzene rings is 2. The molecule has 30 heavy (non-hydrogen) atoms. The van der Waals surface area contributed by atoms with Crippen molar-refractivity contribution in [3.8, 4) is 11.3 Å². The highest BCUT2D eigenvalue weighted by molar-refractivity contribution is 7.07. The molecule has 8 heteroatoms. The first-order chi connectivity index (χ1) is 14.3. The molecule has 0 aliphatic rings. The Bertz CT molecular complexity index is 1210. The maximum atomic E-state index is 11.3. The summed E-state index contributed by atoms with van der Waals surface area (Å²) in [6.07, 6.45) is 0. The third kappa shape index (κ3) is 4.93. The predicted molar refractivity (Wildman–Crippen MR) is 123 cm³/mol. The number of rotatable bonds is 6. The van der Waals surface area contributed by atoms with E-state index in [-0.39, 0.29) is 10.6 Å². The van der Waals surface area contributed by atoms with Crippen molar-refractivity contribution in [1.82, 2.24) is 4.68 Å². The van der Waals surface area contributed by atoms with E-state index in [0.29, 0.717) is 33.2 Å². The molecule has 2 aromatic carbocycles. The van der Waals surface area contributed by atoms with Crippen molar-refractivity contribution < 1.29 is 4.92 Å². The summed E-state index contributed by atoms with van der Waals surface area (Å²) >= 11 is 7.50. The third-order valence-corrected chi connectivity index (χ3v) is 5.49. The van der Waals surface area contributed by atoms with E-state index >= 15 is 0 Å². The van der Waals surface area contributed by atoms with E-state index < -0.39 is 0 Å². The van der Waals surface area contributed by atoms with Crippen LogP contribution in [0.1, 0.15) is 25.0 Å². The van der Waals surface area contributed by atoms with Gasteiger partial charge in [0.1, 0.15) is 0 Å². The fourth-order valence-corrected chi connectivity index (χ4v) is 3.72. The highest BCUT2D eigenvalue weighted by Crippen LogP contribution is 2.23. The first kappa shape index (κ1) is 21.7. The fourth-order valence-electron chi connectivity index (χ4n) is 2.76. The lowest BCUT2D eigenvalue weighted by atomic mass is 10.1. The maximum Gasteiger partial charge on any atom is 0.272 e. The van der Waals surface area contributed by atoms with E-state index in [1.54, 1.807) is 23.7 Å². The summed E-state index contributed by atoms with van der Waals surface area (Å²) in [4.78, 5) is 16.3. The van der Waals surface area contributed by atoms with E-state index in [1.165, 1.54) is 11.3 Å². The average Bonchev–Trinajstić information content (AvgIpc) is 3.09. The predicted octanol–water partition coefficient (Wildman–Crippen LogP) is 5.84. The Labute approximate surface area is 183 Å². The molecular weight excluding hydrogens is 420 g/mol. The Morgan fingerprint density at radius 1 is 1.23 bits per heavy atom. The van der Waals surface area contributed by atoms with Gasteiger partial charge in [-0.05, 0) is 32.9 Å². The molecule has 0 bridgehead atoms. The van der Waals surface area contributed by atoms with Crippen LogP contribution >= 0.6 is 22.9 Å². The maximum absolute atomic E-state index is 11.3. The Balaban J connectivity index is 2.15. The molecule has 3 aromatic rings. The highest BCUT2D eigenvalue weighted by atomic mass is 35.5.